The van der Waals surface area contributed by atoms with Crippen LogP contribution in [0.2, 0.25) is 0 Å². The number of aromatic amines is 1. The minimum Gasteiger partial charge on any atom is -0.350 e. The average molecular weight is 300 g/mol. The summed E-state index contributed by atoms with van der Waals surface area (Å²) in [7, 11) is 0. The van der Waals surface area contributed by atoms with E-state index in [1.165, 1.54) is 43.2 Å². The quantitative estimate of drug-likeness (QED) is 0.867. The number of H-pyrrole nitrogens is 1. The number of thiophene rings is 1. The summed E-state index contributed by atoms with van der Waals surface area (Å²) in [5.74, 6) is 2.69. The maximum atomic E-state index is 12.7. The number of fused-ring (bicyclic) bond motifs is 1. The SMILES string of the molecule is O=C(NC12CC3CC(CC(C3)C1)C2)c1cc2sccc2[nH]1. The van der Waals surface area contributed by atoms with Crippen LogP contribution in [0.15, 0.2) is 17.5 Å². The fourth-order valence-electron chi connectivity index (χ4n) is 5.54. The van der Waals surface area contributed by atoms with Gasteiger partial charge in [-0.2, -0.15) is 0 Å². The van der Waals surface area contributed by atoms with Crippen LogP contribution in [0.4, 0.5) is 0 Å². The van der Waals surface area contributed by atoms with Crippen molar-refractivity contribution in [3.8, 4) is 0 Å². The van der Waals surface area contributed by atoms with E-state index in [0.717, 1.165) is 29.0 Å². The summed E-state index contributed by atoms with van der Waals surface area (Å²) in [5.41, 5.74) is 1.91. The van der Waals surface area contributed by atoms with Gasteiger partial charge in [0.25, 0.3) is 5.91 Å². The normalized spacial score (nSPS) is 37.2. The molecule has 2 heterocycles. The highest BCUT2D eigenvalue weighted by Crippen LogP contribution is 2.55. The Hall–Kier alpha value is -1.29. The van der Waals surface area contributed by atoms with Gasteiger partial charge < -0.3 is 10.3 Å². The fraction of sp³-hybridized carbons (Fsp3) is 0.588. The summed E-state index contributed by atoms with van der Waals surface area (Å²) < 4.78 is 1.17. The van der Waals surface area contributed by atoms with E-state index in [4.69, 9.17) is 0 Å². The van der Waals surface area contributed by atoms with Crippen LogP contribution in [0, 0.1) is 17.8 Å². The number of amides is 1. The molecule has 4 heteroatoms. The van der Waals surface area contributed by atoms with Crippen LogP contribution in [0.1, 0.15) is 49.0 Å². The summed E-state index contributed by atoms with van der Waals surface area (Å²) in [4.78, 5) is 15.9. The Bertz CT molecular complexity index is 649. The molecule has 4 bridgehead atoms. The van der Waals surface area contributed by atoms with Gasteiger partial charge in [0.1, 0.15) is 5.69 Å². The van der Waals surface area contributed by atoms with Gasteiger partial charge in [-0.05, 0) is 73.8 Å². The highest BCUT2D eigenvalue weighted by molar-refractivity contribution is 7.17. The largest absolute Gasteiger partial charge is 0.350 e. The fourth-order valence-corrected chi connectivity index (χ4v) is 6.33. The van der Waals surface area contributed by atoms with E-state index in [1.54, 1.807) is 11.3 Å². The van der Waals surface area contributed by atoms with Crippen LogP contribution in [0.3, 0.4) is 0 Å². The zero-order valence-corrected chi connectivity index (χ0v) is 12.8. The zero-order chi connectivity index (χ0) is 14.0. The van der Waals surface area contributed by atoms with Gasteiger partial charge in [0.2, 0.25) is 0 Å². The number of aromatic nitrogens is 1. The van der Waals surface area contributed by atoms with E-state index < -0.39 is 0 Å². The predicted molar refractivity (Wildman–Crippen MR) is 84.5 cm³/mol. The van der Waals surface area contributed by atoms with Gasteiger partial charge in [-0.15, -0.1) is 11.3 Å². The Morgan fingerprint density at radius 3 is 2.48 bits per heavy atom. The third-order valence-corrected chi connectivity index (χ3v) is 6.77. The molecule has 0 aromatic carbocycles. The van der Waals surface area contributed by atoms with E-state index in [2.05, 4.69) is 15.7 Å². The second-order valence-corrected chi connectivity index (χ2v) is 8.48. The van der Waals surface area contributed by atoms with Crippen LogP contribution < -0.4 is 5.32 Å². The molecule has 2 aromatic heterocycles. The summed E-state index contributed by atoms with van der Waals surface area (Å²) in [6, 6.07) is 4.04. The maximum absolute atomic E-state index is 12.7. The molecule has 0 unspecified atom stereocenters. The van der Waals surface area contributed by atoms with Crippen molar-refractivity contribution < 1.29 is 4.79 Å². The molecule has 0 aliphatic heterocycles. The smallest absolute Gasteiger partial charge is 0.268 e. The Kier molecular flexibility index (Phi) is 2.41. The number of rotatable bonds is 2. The van der Waals surface area contributed by atoms with Crippen molar-refractivity contribution in [1.82, 2.24) is 10.3 Å². The minimum absolute atomic E-state index is 0.0975. The Morgan fingerprint density at radius 1 is 1.19 bits per heavy atom. The number of carbonyl (C=O) groups is 1. The standard InChI is InChI=1S/C17H20N2OS/c20-16(14-6-15-13(18-14)1-2-21-15)19-17-7-10-3-11(8-17)5-12(4-10)9-17/h1-2,6,10-12,18H,3-5,7-9H2,(H,19,20). The second kappa shape index (κ2) is 4.13. The van der Waals surface area contributed by atoms with Gasteiger partial charge in [-0.1, -0.05) is 0 Å². The van der Waals surface area contributed by atoms with E-state index in [0.29, 0.717) is 0 Å². The van der Waals surface area contributed by atoms with Gasteiger partial charge >= 0.3 is 0 Å². The van der Waals surface area contributed by atoms with Gasteiger partial charge in [0, 0.05) is 5.54 Å². The molecule has 4 saturated carbocycles. The minimum atomic E-state index is 0.0975. The number of hydrogen-bond acceptors (Lipinski definition) is 2. The first kappa shape index (κ1) is 12.3. The highest BCUT2D eigenvalue weighted by Gasteiger charge is 2.51. The molecule has 0 spiro atoms. The lowest BCUT2D eigenvalue weighted by molar-refractivity contribution is -0.0167. The van der Waals surface area contributed by atoms with E-state index in [1.807, 2.05) is 12.1 Å². The average Bonchev–Trinajstić information content (AvgIpc) is 2.96. The lowest BCUT2D eigenvalue weighted by Gasteiger charge is -2.56. The molecule has 4 aliphatic carbocycles. The van der Waals surface area contributed by atoms with Crippen molar-refractivity contribution in [1.29, 1.82) is 0 Å². The first-order chi connectivity index (χ1) is 10.2. The summed E-state index contributed by atoms with van der Waals surface area (Å²) >= 11 is 1.68. The van der Waals surface area contributed by atoms with Crippen LogP contribution in [-0.4, -0.2) is 16.4 Å². The maximum Gasteiger partial charge on any atom is 0.268 e. The monoisotopic (exact) mass is 300 g/mol. The molecule has 4 fully saturated rings. The summed E-state index contributed by atoms with van der Waals surface area (Å²) in [5, 5.41) is 5.48. The van der Waals surface area contributed by atoms with Gasteiger partial charge in [-0.3, -0.25) is 4.79 Å². The molecule has 1 amide bonds. The lowest BCUT2D eigenvalue weighted by atomic mass is 9.53. The van der Waals surface area contributed by atoms with Crippen LogP contribution in [0.5, 0.6) is 0 Å². The van der Waals surface area contributed by atoms with Crippen molar-refractivity contribution in [2.45, 2.75) is 44.1 Å². The van der Waals surface area contributed by atoms with E-state index >= 15 is 0 Å². The number of carbonyl (C=O) groups excluding carboxylic acids is 1. The summed E-state index contributed by atoms with van der Waals surface area (Å²) in [6.07, 6.45) is 7.85. The van der Waals surface area contributed by atoms with Gasteiger partial charge in [0.05, 0.1) is 10.2 Å². The topological polar surface area (TPSA) is 44.9 Å². The van der Waals surface area contributed by atoms with E-state index in [9.17, 15) is 4.79 Å². The molecule has 0 saturated heterocycles. The van der Waals surface area contributed by atoms with E-state index in [-0.39, 0.29) is 11.4 Å². The molecule has 6 rings (SSSR count). The van der Waals surface area contributed by atoms with Crippen molar-refractivity contribution in [3.63, 3.8) is 0 Å². The molecule has 21 heavy (non-hydrogen) atoms. The van der Waals surface area contributed by atoms with Crippen molar-refractivity contribution in [2.24, 2.45) is 17.8 Å². The molecule has 2 N–H and O–H groups in total. The first-order valence-corrected chi connectivity index (χ1v) is 8.96. The van der Waals surface area contributed by atoms with Gasteiger partial charge in [0.15, 0.2) is 0 Å². The van der Waals surface area contributed by atoms with Gasteiger partial charge in [-0.25, -0.2) is 0 Å². The molecular weight excluding hydrogens is 280 g/mol. The molecule has 3 nitrogen and oxygen atoms in total. The van der Waals surface area contributed by atoms with Crippen molar-refractivity contribution >= 4 is 27.5 Å². The van der Waals surface area contributed by atoms with Crippen LogP contribution in [0.25, 0.3) is 10.2 Å². The highest BCUT2D eigenvalue weighted by atomic mass is 32.1. The lowest BCUT2D eigenvalue weighted by Crippen LogP contribution is -2.59. The second-order valence-electron chi connectivity index (χ2n) is 7.53. The third kappa shape index (κ3) is 1.88. The molecule has 110 valence electrons. The molecule has 2 aromatic rings. The number of nitrogens with one attached hydrogen (secondary N) is 2. The third-order valence-electron chi connectivity index (χ3n) is 5.90. The van der Waals surface area contributed by atoms with Crippen LogP contribution >= 0.6 is 11.3 Å². The molecule has 4 aliphatic rings. The van der Waals surface area contributed by atoms with Crippen molar-refractivity contribution in [3.05, 3.63) is 23.2 Å². The Balaban J connectivity index is 1.41. The Morgan fingerprint density at radius 2 is 1.86 bits per heavy atom. The zero-order valence-electron chi connectivity index (χ0n) is 12.0. The molecular formula is C17H20N2OS. The van der Waals surface area contributed by atoms with Crippen LogP contribution in [-0.2, 0) is 0 Å². The molecule has 0 atom stereocenters. The Labute approximate surface area is 128 Å². The van der Waals surface area contributed by atoms with Crippen molar-refractivity contribution in [2.75, 3.05) is 0 Å². The summed E-state index contributed by atoms with van der Waals surface area (Å²) in [6.45, 7) is 0. The number of hydrogen-bond donors (Lipinski definition) is 2. The first-order valence-electron chi connectivity index (χ1n) is 8.08. The predicted octanol–water partition coefficient (Wildman–Crippen LogP) is 3.93. The molecule has 0 radical (unpaired) electrons.